The molecule has 15 heavy (non-hydrogen) atoms. The molecule has 1 saturated carbocycles. The molecule has 2 N–H and O–H groups in total. The van der Waals surface area contributed by atoms with Crippen molar-refractivity contribution in [3.63, 3.8) is 0 Å². The highest BCUT2D eigenvalue weighted by Crippen LogP contribution is 2.44. The molecule has 1 heterocycles. The molecule has 1 aromatic rings. The highest BCUT2D eigenvalue weighted by molar-refractivity contribution is 5.27. The molecular formula is C12H19N3. The Hall–Kier alpha value is -0.830. The van der Waals surface area contributed by atoms with Crippen LogP contribution >= 0.6 is 0 Å². The maximum Gasteiger partial charge on any atom is 0.0538 e. The minimum Gasteiger partial charge on any atom is -0.307 e. The van der Waals surface area contributed by atoms with Gasteiger partial charge in [0.05, 0.1) is 6.20 Å². The van der Waals surface area contributed by atoms with Gasteiger partial charge in [-0.15, -0.1) is 0 Å². The Bertz CT molecular complexity index is 363. The van der Waals surface area contributed by atoms with Gasteiger partial charge in [0.1, 0.15) is 0 Å². The van der Waals surface area contributed by atoms with Gasteiger partial charge in [-0.05, 0) is 31.1 Å². The van der Waals surface area contributed by atoms with E-state index in [-0.39, 0.29) is 0 Å². The van der Waals surface area contributed by atoms with Crippen LogP contribution < -0.4 is 5.32 Å². The minimum absolute atomic E-state index is 0.361. The van der Waals surface area contributed by atoms with E-state index in [1.165, 1.54) is 30.5 Å². The molecule has 3 nitrogen and oxygen atoms in total. The smallest absolute Gasteiger partial charge is 0.0538 e. The van der Waals surface area contributed by atoms with Crippen molar-refractivity contribution in [2.24, 2.45) is 5.41 Å². The van der Waals surface area contributed by atoms with Crippen molar-refractivity contribution in [3.8, 4) is 0 Å². The summed E-state index contributed by atoms with van der Waals surface area (Å²) in [5, 5.41) is 11.1. The first-order valence-corrected chi connectivity index (χ1v) is 5.95. The average Bonchev–Trinajstić information content (AvgIpc) is 2.87. The lowest BCUT2D eigenvalue weighted by Crippen LogP contribution is -2.38. The predicted molar refractivity (Wildman–Crippen MR) is 59.6 cm³/mol. The molecule has 0 saturated heterocycles. The topological polar surface area (TPSA) is 40.7 Å². The zero-order chi connectivity index (χ0) is 10.5. The molecule has 82 valence electrons. The van der Waals surface area contributed by atoms with Crippen LogP contribution in [0.25, 0.3) is 0 Å². The largest absolute Gasteiger partial charge is 0.307 e. The van der Waals surface area contributed by atoms with Gasteiger partial charge in [0, 0.05) is 23.3 Å². The molecule has 2 aliphatic rings. The maximum atomic E-state index is 4.18. The molecule has 0 radical (unpaired) electrons. The van der Waals surface area contributed by atoms with Gasteiger partial charge in [-0.1, -0.05) is 13.8 Å². The van der Waals surface area contributed by atoms with E-state index in [9.17, 15) is 0 Å². The summed E-state index contributed by atoms with van der Waals surface area (Å²) in [5.41, 5.74) is 3.10. The van der Waals surface area contributed by atoms with Gasteiger partial charge in [-0.3, -0.25) is 5.10 Å². The summed E-state index contributed by atoms with van der Waals surface area (Å²) in [6, 6.07) is 1.25. The maximum absolute atomic E-state index is 4.18. The first-order chi connectivity index (χ1) is 7.17. The number of rotatable bonds is 2. The quantitative estimate of drug-likeness (QED) is 0.777. The van der Waals surface area contributed by atoms with E-state index in [1.807, 2.05) is 6.20 Å². The van der Waals surface area contributed by atoms with Gasteiger partial charge in [0.25, 0.3) is 0 Å². The Labute approximate surface area is 90.7 Å². The van der Waals surface area contributed by atoms with E-state index in [2.05, 4.69) is 29.4 Å². The third-order valence-corrected chi connectivity index (χ3v) is 3.84. The van der Waals surface area contributed by atoms with E-state index in [0.29, 0.717) is 11.5 Å². The molecule has 1 fully saturated rings. The summed E-state index contributed by atoms with van der Waals surface area (Å²) in [6.45, 7) is 4.73. The molecule has 0 bridgehead atoms. The highest BCUT2D eigenvalue weighted by atomic mass is 15.1. The monoisotopic (exact) mass is 205 g/mol. The number of nitrogens with one attached hydrogen (secondary N) is 2. The van der Waals surface area contributed by atoms with Crippen LogP contribution in [0.2, 0.25) is 0 Å². The molecule has 0 aliphatic heterocycles. The molecule has 1 aromatic heterocycles. The van der Waals surface area contributed by atoms with Crippen LogP contribution in [0.5, 0.6) is 0 Å². The predicted octanol–water partition coefficient (Wildman–Crippen LogP) is 2.18. The Morgan fingerprint density at radius 3 is 3.00 bits per heavy atom. The molecule has 3 heteroatoms. The van der Waals surface area contributed by atoms with Gasteiger partial charge in [-0.25, -0.2) is 0 Å². The number of aromatic amines is 1. The van der Waals surface area contributed by atoms with Gasteiger partial charge in [0.15, 0.2) is 0 Å². The van der Waals surface area contributed by atoms with E-state index < -0.39 is 0 Å². The van der Waals surface area contributed by atoms with Crippen molar-refractivity contribution >= 4 is 0 Å². The average molecular weight is 205 g/mol. The Balaban J connectivity index is 1.92. The molecule has 1 atom stereocenters. The van der Waals surface area contributed by atoms with E-state index in [1.54, 1.807) is 0 Å². The molecule has 1 unspecified atom stereocenters. The van der Waals surface area contributed by atoms with Gasteiger partial charge in [-0.2, -0.15) is 5.10 Å². The van der Waals surface area contributed by atoms with Crippen LogP contribution in [0.15, 0.2) is 6.20 Å². The fraction of sp³-hybridized carbons (Fsp3) is 0.750. The SMILES string of the molecule is CC1(C)CCc2[nH]ncc2C1NC1CC1. The zero-order valence-electron chi connectivity index (χ0n) is 9.51. The fourth-order valence-corrected chi connectivity index (χ4v) is 2.58. The standard InChI is InChI=1S/C12H19N3/c1-12(2)6-5-10-9(7-13-15-10)11(12)14-8-3-4-8/h7-8,11,14H,3-6H2,1-2H3,(H,13,15). The van der Waals surface area contributed by atoms with Crippen molar-refractivity contribution < 1.29 is 0 Å². The van der Waals surface area contributed by atoms with Gasteiger partial charge >= 0.3 is 0 Å². The number of aryl methyl sites for hydroxylation is 1. The lowest BCUT2D eigenvalue weighted by Gasteiger charge is -2.39. The van der Waals surface area contributed by atoms with E-state index in [4.69, 9.17) is 0 Å². The summed E-state index contributed by atoms with van der Waals surface area (Å²) in [7, 11) is 0. The number of nitrogens with zero attached hydrogens (tertiary/aromatic N) is 1. The Kier molecular flexibility index (Phi) is 1.93. The number of fused-ring (bicyclic) bond motifs is 1. The van der Waals surface area contributed by atoms with Crippen LogP contribution in [-0.4, -0.2) is 16.2 Å². The van der Waals surface area contributed by atoms with Crippen molar-refractivity contribution in [2.75, 3.05) is 0 Å². The zero-order valence-corrected chi connectivity index (χ0v) is 9.51. The number of hydrogen-bond acceptors (Lipinski definition) is 2. The summed E-state index contributed by atoms with van der Waals surface area (Å²) >= 11 is 0. The Morgan fingerprint density at radius 1 is 1.47 bits per heavy atom. The fourth-order valence-electron chi connectivity index (χ4n) is 2.58. The lowest BCUT2D eigenvalue weighted by molar-refractivity contribution is 0.207. The summed E-state index contributed by atoms with van der Waals surface area (Å²) in [6.07, 6.45) is 7.09. The van der Waals surface area contributed by atoms with Crippen LogP contribution in [0, 0.1) is 5.41 Å². The van der Waals surface area contributed by atoms with Crippen molar-refractivity contribution in [1.82, 2.24) is 15.5 Å². The molecule has 2 aliphatic carbocycles. The van der Waals surface area contributed by atoms with Crippen LogP contribution in [0.4, 0.5) is 0 Å². The lowest BCUT2D eigenvalue weighted by atomic mass is 9.72. The van der Waals surface area contributed by atoms with Gasteiger partial charge < -0.3 is 5.32 Å². The molecular weight excluding hydrogens is 186 g/mol. The summed E-state index contributed by atoms with van der Waals surface area (Å²) < 4.78 is 0. The number of H-pyrrole nitrogens is 1. The normalized spacial score (nSPS) is 28.8. The summed E-state index contributed by atoms with van der Waals surface area (Å²) in [5.74, 6) is 0. The third-order valence-electron chi connectivity index (χ3n) is 3.84. The second-order valence-electron chi connectivity index (χ2n) is 5.67. The van der Waals surface area contributed by atoms with Crippen LogP contribution in [-0.2, 0) is 6.42 Å². The minimum atomic E-state index is 0.361. The third kappa shape index (κ3) is 1.59. The van der Waals surface area contributed by atoms with Crippen molar-refractivity contribution in [3.05, 3.63) is 17.5 Å². The first kappa shape index (κ1) is 9.40. The van der Waals surface area contributed by atoms with Gasteiger partial charge in [0.2, 0.25) is 0 Å². The van der Waals surface area contributed by atoms with Crippen LogP contribution in [0.1, 0.15) is 50.4 Å². The van der Waals surface area contributed by atoms with Crippen molar-refractivity contribution in [1.29, 1.82) is 0 Å². The second-order valence-corrected chi connectivity index (χ2v) is 5.67. The molecule has 0 aromatic carbocycles. The van der Waals surface area contributed by atoms with E-state index in [0.717, 1.165) is 12.5 Å². The Morgan fingerprint density at radius 2 is 2.27 bits per heavy atom. The summed E-state index contributed by atoms with van der Waals surface area (Å²) in [4.78, 5) is 0. The molecule has 0 amide bonds. The molecule has 3 rings (SSSR count). The van der Waals surface area contributed by atoms with Crippen molar-refractivity contribution in [2.45, 2.75) is 51.6 Å². The first-order valence-electron chi connectivity index (χ1n) is 5.95. The second kappa shape index (κ2) is 3.08. The molecule has 0 spiro atoms. The number of aromatic nitrogens is 2. The van der Waals surface area contributed by atoms with Crippen LogP contribution in [0.3, 0.4) is 0 Å². The number of hydrogen-bond donors (Lipinski definition) is 2. The van der Waals surface area contributed by atoms with E-state index >= 15 is 0 Å². The highest BCUT2D eigenvalue weighted by Gasteiger charge is 2.39.